The van der Waals surface area contributed by atoms with Gasteiger partial charge in [0.25, 0.3) is 0 Å². The van der Waals surface area contributed by atoms with Gasteiger partial charge >= 0.3 is 12.1 Å². The van der Waals surface area contributed by atoms with E-state index in [0.717, 1.165) is 24.4 Å². The first kappa shape index (κ1) is 21.1. The average molecular weight is 450 g/mol. The summed E-state index contributed by atoms with van der Waals surface area (Å²) < 4.78 is 64.8. The Kier molecular flexibility index (Phi) is 5.12. The van der Waals surface area contributed by atoms with Gasteiger partial charge in [0.15, 0.2) is 0 Å². The van der Waals surface area contributed by atoms with Gasteiger partial charge in [-0.1, -0.05) is 18.2 Å². The molecule has 1 fully saturated rings. The topological polar surface area (TPSA) is 87.6 Å². The zero-order valence-corrected chi connectivity index (χ0v) is 16.8. The number of carbonyl (C=O) groups is 1. The van der Waals surface area contributed by atoms with Gasteiger partial charge in [0, 0.05) is 24.7 Å². The molecule has 0 saturated carbocycles. The molecule has 0 unspecified atom stereocenters. The second kappa shape index (κ2) is 7.52. The summed E-state index contributed by atoms with van der Waals surface area (Å²) in [6, 6.07) is 10.1. The summed E-state index contributed by atoms with van der Waals surface area (Å²) in [5, 5.41) is 9.71. The zero-order valence-electron chi connectivity index (χ0n) is 16.0. The number of para-hydroxylation sites is 1. The van der Waals surface area contributed by atoms with Crippen molar-refractivity contribution in [3.63, 3.8) is 0 Å². The minimum absolute atomic E-state index is 0.221. The van der Waals surface area contributed by atoms with Crippen LogP contribution in [0.15, 0.2) is 64.5 Å². The van der Waals surface area contributed by atoms with E-state index in [4.69, 9.17) is 0 Å². The van der Waals surface area contributed by atoms with Crippen LogP contribution < -0.4 is 4.90 Å². The summed E-state index contributed by atoms with van der Waals surface area (Å²) in [5.74, 6) is -1.36. The number of halogens is 3. The number of alkyl halides is 3. The first-order chi connectivity index (χ1) is 14.6. The Morgan fingerprint density at radius 3 is 2.52 bits per heavy atom. The van der Waals surface area contributed by atoms with Crippen LogP contribution in [0.2, 0.25) is 0 Å². The van der Waals surface area contributed by atoms with Crippen molar-refractivity contribution in [2.24, 2.45) is 5.92 Å². The van der Waals surface area contributed by atoms with Crippen LogP contribution in [0, 0.1) is 5.92 Å². The number of hydrogen-bond acceptors (Lipinski definition) is 5. The molecule has 162 valence electrons. The van der Waals surface area contributed by atoms with Crippen molar-refractivity contribution in [3.8, 4) is 0 Å². The minimum atomic E-state index is -4.66. The molecule has 1 atom stereocenters. The van der Waals surface area contributed by atoms with E-state index in [2.05, 4.69) is 4.98 Å². The van der Waals surface area contributed by atoms with Gasteiger partial charge in [-0.15, -0.1) is 0 Å². The number of aromatic nitrogens is 1. The summed E-state index contributed by atoms with van der Waals surface area (Å²) >= 11 is 0. The molecule has 3 aromatic rings. The molecule has 0 aliphatic carbocycles. The molecule has 1 N–H and O–H groups in total. The van der Waals surface area contributed by atoms with Crippen LogP contribution in [0.4, 0.5) is 18.9 Å². The third kappa shape index (κ3) is 3.95. The third-order valence-corrected chi connectivity index (χ3v) is 7.04. The van der Waals surface area contributed by atoms with E-state index in [1.54, 1.807) is 18.2 Å². The molecule has 31 heavy (non-hydrogen) atoms. The molecule has 6 nitrogen and oxygen atoms in total. The lowest BCUT2D eigenvalue weighted by Crippen LogP contribution is -2.23. The van der Waals surface area contributed by atoms with Crippen LogP contribution in [0.3, 0.4) is 0 Å². The first-order valence-corrected chi connectivity index (χ1v) is 10.8. The Balaban J connectivity index is 1.73. The maximum atomic E-state index is 13.0. The molecule has 1 aliphatic heterocycles. The number of benzene rings is 2. The number of rotatable bonds is 4. The van der Waals surface area contributed by atoms with Gasteiger partial charge in [-0.2, -0.15) is 13.2 Å². The molecule has 0 bridgehead atoms. The lowest BCUT2D eigenvalue weighted by Gasteiger charge is -2.20. The van der Waals surface area contributed by atoms with Gasteiger partial charge in [-0.05, 0) is 36.8 Å². The highest BCUT2D eigenvalue weighted by atomic mass is 32.2. The Morgan fingerprint density at radius 2 is 1.84 bits per heavy atom. The van der Waals surface area contributed by atoms with Crippen molar-refractivity contribution in [2.45, 2.75) is 22.4 Å². The summed E-state index contributed by atoms with van der Waals surface area (Å²) in [4.78, 5) is 16.7. The van der Waals surface area contributed by atoms with E-state index in [1.807, 2.05) is 4.90 Å². The van der Waals surface area contributed by atoms with E-state index in [1.165, 1.54) is 6.07 Å². The predicted molar refractivity (Wildman–Crippen MR) is 107 cm³/mol. The standard InChI is InChI=1S/C21H17F3N2O4S/c22-21(23,24)15-4-2-5-16(10-15)31(29,30)17-9-13-3-1-6-18(19(13)25-11-17)26-8-7-14(12-26)20(27)28/h1-6,9-11,14H,7-8,12H2,(H,27,28)/t14-/m0/s1. The average Bonchev–Trinajstić information content (AvgIpc) is 3.23. The second-order valence-electron chi connectivity index (χ2n) is 7.32. The van der Waals surface area contributed by atoms with Crippen LogP contribution in [0.25, 0.3) is 10.9 Å². The summed E-state index contributed by atoms with van der Waals surface area (Å²) in [6.07, 6.45) is -3.05. The molecule has 1 aromatic heterocycles. The van der Waals surface area contributed by atoms with Crippen molar-refractivity contribution >= 4 is 32.4 Å². The van der Waals surface area contributed by atoms with Crippen molar-refractivity contribution in [2.75, 3.05) is 18.0 Å². The quantitative estimate of drug-likeness (QED) is 0.647. The van der Waals surface area contributed by atoms with Crippen molar-refractivity contribution in [1.82, 2.24) is 4.98 Å². The van der Waals surface area contributed by atoms with Gasteiger partial charge in [-0.3, -0.25) is 9.78 Å². The highest BCUT2D eigenvalue weighted by Gasteiger charge is 2.32. The Morgan fingerprint density at radius 1 is 1.10 bits per heavy atom. The highest BCUT2D eigenvalue weighted by molar-refractivity contribution is 7.91. The maximum Gasteiger partial charge on any atom is 0.416 e. The van der Waals surface area contributed by atoms with E-state index in [9.17, 15) is 31.5 Å². The Labute approximate surface area is 175 Å². The normalized spacial score (nSPS) is 17.3. The van der Waals surface area contributed by atoms with E-state index >= 15 is 0 Å². The van der Waals surface area contributed by atoms with E-state index in [-0.39, 0.29) is 4.90 Å². The first-order valence-electron chi connectivity index (χ1n) is 9.36. The summed E-state index contributed by atoms with van der Waals surface area (Å²) in [6.45, 7) is 0.850. The third-order valence-electron chi connectivity index (χ3n) is 5.32. The molecular formula is C21H17F3N2O4S. The molecule has 4 rings (SSSR count). The molecule has 10 heteroatoms. The van der Waals surface area contributed by atoms with Crippen LogP contribution >= 0.6 is 0 Å². The molecule has 0 amide bonds. The van der Waals surface area contributed by atoms with E-state index < -0.39 is 38.4 Å². The van der Waals surface area contributed by atoms with Gasteiger partial charge in [-0.25, -0.2) is 8.42 Å². The van der Waals surface area contributed by atoms with Crippen LogP contribution in [0.1, 0.15) is 12.0 Å². The number of carboxylic acids is 1. The fourth-order valence-electron chi connectivity index (χ4n) is 3.68. The van der Waals surface area contributed by atoms with Crippen molar-refractivity contribution in [1.29, 1.82) is 0 Å². The predicted octanol–water partition coefficient (Wildman–Crippen LogP) is 4.00. The lowest BCUT2D eigenvalue weighted by atomic mass is 10.1. The van der Waals surface area contributed by atoms with Crippen LogP contribution in [-0.2, 0) is 20.8 Å². The largest absolute Gasteiger partial charge is 0.481 e. The monoisotopic (exact) mass is 450 g/mol. The maximum absolute atomic E-state index is 13.0. The lowest BCUT2D eigenvalue weighted by molar-refractivity contribution is -0.141. The van der Waals surface area contributed by atoms with Crippen molar-refractivity contribution in [3.05, 3.63) is 60.3 Å². The molecule has 1 aliphatic rings. The number of hydrogen-bond donors (Lipinski definition) is 1. The number of fused-ring (bicyclic) bond motifs is 1. The molecule has 0 radical (unpaired) electrons. The number of carboxylic acid groups (broad SMARTS) is 1. The Hall–Kier alpha value is -3.14. The smallest absolute Gasteiger partial charge is 0.416 e. The second-order valence-corrected chi connectivity index (χ2v) is 9.27. The molecule has 2 heterocycles. The number of sulfone groups is 1. The van der Waals surface area contributed by atoms with Gasteiger partial charge in [0.05, 0.1) is 32.5 Å². The van der Waals surface area contributed by atoms with Crippen molar-refractivity contribution < 1.29 is 31.5 Å². The fraction of sp³-hybridized carbons (Fsp3) is 0.238. The number of aliphatic carboxylic acids is 1. The molecule has 0 spiro atoms. The summed E-state index contributed by atoms with van der Waals surface area (Å²) in [5.41, 5.74) is 0.132. The fourth-order valence-corrected chi connectivity index (χ4v) is 4.97. The van der Waals surface area contributed by atoms with Gasteiger partial charge in [0.2, 0.25) is 9.84 Å². The SMILES string of the molecule is O=C(O)[C@H]1CCN(c2cccc3cc(S(=O)(=O)c4cccc(C(F)(F)F)c4)cnc23)C1. The highest BCUT2D eigenvalue weighted by Crippen LogP contribution is 2.34. The summed E-state index contributed by atoms with van der Waals surface area (Å²) in [7, 11) is -4.22. The molecule has 2 aromatic carbocycles. The van der Waals surface area contributed by atoms with Gasteiger partial charge < -0.3 is 10.0 Å². The molecule has 1 saturated heterocycles. The van der Waals surface area contributed by atoms with Crippen LogP contribution in [-0.4, -0.2) is 37.6 Å². The minimum Gasteiger partial charge on any atom is -0.481 e. The molecular weight excluding hydrogens is 433 g/mol. The zero-order chi connectivity index (χ0) is 22.4. The number of pyridine rings is 1. The van der Waals surface area contributed by atoms with Gasteiger partial charge in [0.1, 0.15) is 0 Å². The van der Waals surface area contributed by atoms with Crippen LogP contribution in [0.5, 0.6) is 0 Å². The number of nitrogens with zero attached hydrogens (tertiary/aromatic N) is 2. The van der Waals surface area contributed by atoms with E-state index in [0.29, 0.717) is 42.2 Å². The number of anilines is 1. The Bertz CT molecular complexity index is 1280.